The van der Waals surface area contributed by atoms with Crippen LogP contribution in [-0.4, -0.2) is 46.6 Å². The van der Waals surface area contributed by atoms with Gasteiger partial charge in [-0.1, -0.05) is 27.7 Å². The zero-order valence-electron chi connectivity index (χ0n) is 14.2. The number of hydrogen-bond donors (Lipinski definition) is 1. The number of carbonyl (C=O) groups excluding carboxylic acids is 1. The largest absolute Gasteiger partial charge is 0.378 e. The number of aromatic nitrogens is 2. The van der Waals surface area contributed by atoms with E-state index >= 15 is 0 Å². The second-order valence-electron chi connectivity index (χ2n) is 7.13. The summed E-state index contributed by atoms with van der Waals surface area (Å²) in [5.74, 6) is 1.13. The third-order valence-corrected chi connectivity index (χ3v) is 5.39. The third-order valence-electron chi connectivity index (χ3n) is 5.39. The molecular formula is C16H27N3O2. The van der Waals surface area contributed by atoms with Crippen molar-refractivity contribution in [3.63, 3.8) is 0 Å². The molecule has 2 atom stereocenters. The van der Waals surface area contributed by atoms with Crippen LogP contribution in [0, 0.1) is 5.41 Å². The molecule has 1 heterocycles. The van der Waals surface area contributed by atoms with E-state index in [1.54, 1.807) is 13.3 Å². The summed E-state index contributed by atoms with van der Waals surface area (Å²) in [6.07, 6.45) is 2.49. The fraction of sp³-hybridized carbons (Fsp3) is 0.750. The van der Waals surface area contributed by atoms with E-state index in [1.165, 1.54) is 0 Å². The number of amides is 1. The van der Waals surface area contributed by atoms with E-state index < -0.39 is 0 Å². The zero-order valence-corrected chi connectivity index (χ0v) is 14.2. The van der Waals surface area contributed by atoms with E-state index in [4.69, 9.17) is 4.74 Å². The molecule has 1 aromatic rings. The van der Waals surface area contributed by atoms with E-state index in [1.807, 2.05) is 11.9 Å². The van der Waals surface area contributed by atoms with Gasteiger partial charge in [0, 0.05) is 31.5 Å². The molecule has 0 saturated heterocycles. The standard InChI is InChI=1S/C16H27N3O2/c1-10(2)13-17-9-11(18-13)14(20)19(6)12-8-16(5,21-7)15(12,3)4/h9-10,12H,8H2,1-7H3,(H,17,18)/t12-,16-/m0/s1. The molecule has 0 spiro atoms. The topological polar surface area (TPSA) is 58.2 Å². The van der Waals surface area contributed by atoms with Crippen LogP contribution in [0.3, 0.4) is 0 Å². The predicted molar refractivity (Wildman–Crippen MR) is 82.4 cm³/mol. The van der Waals surface area contributed by atoms with Gasteiger partial charge in [0.05, 0.1) is 11.8 Å². The number of H-pyrrole nitrogens is 1. The third kappa shape index (κ3) is 2.37. The van der Waals surface area contributed by atoms with E-state index in [0.717, 1.165) is 12.2 Å². The Morgan fingerprint density at radius 1 is 1.48 bits per heavy atom. The first-order valence-electron chi connectivity index (χ1n) is 7.51. The second-order valence-corrected chi connectivity index (χ2v) is 7.13. The van der Waals surface area contributed by atoms with Crippen LogP contribution in [-0.2, 0) is 4.74 Å². The number of aromatic amines is 1. The molecule has 2 rings (SSSR count). The van der Waals surface area contributed by atoms with Gasteiger partial charge in [-0.3, -0.25) is 4.79 Å². The highest BCUT2D eigenvalue weighted by atomic mass is 16.5. The van der Waals surface area contributed by atoms with Gasteiger partial charge >= 0.3 is 0 Å². The molecule has 0 radical (unpaired) electrons. The zero-order chi connectivity index (χ0) is 16.0. The molecule has 118 valence electrons. The average Bonchev–Trinajstić information content (AvgIpc) is 2.92. The number of nitrogens with one attached hydrogen (secondary N) is 1. The molecule has 0 bridgehead atoms. The molecule has 0 aliphatic heterocycles. The lowest BCUT2D eigenvalue weighted by Crippen LogP contribution is -2.68. The first-order valence-corrected chi connectivity index (χ1v) is 7.51. The summed E-state index contributed by atoms with van der Waals surface area (Å²) in [6, 6.07) is 0.167. The maximum atomic E-state index is 12.6. The molecule has 1 aliphatic rings. The summed E-state index contributed by atoms with van der Waals surface area (Å²) in [7, 11) is 3.60. The molecule has 1 aromatic heterocycles. The van der Waals surface area contributed by atoms with E-state index in [0.29, 0.717) is 5.69 Å². The number of nitrogens with zero attached hydrogens (tertiary/aromatic N) is 2. The molecule has 0 aromatic carbocycles. The minimum Gasteiger partial charge on any atom is -0.378 e. The SMILES string of the molecule is CO[C@@]1(C)C[C@H](N(C)C(=O)c2cnc(C(C)C)[nH]2)C1(C)C. The Kier molecular flexibility index (Phi) is 3.91. The molecule has 1 saturated carbocycles. The van der Waals surface area contributed by atoms with Gasteiger partial charge in [0.1, 0.15) is 11.5 Å². The summed E-state index contributed by atoms with van der Waals surface area (Å²) < 4.78 is 5.63. The highest BCUT2D eigenvalue weighted by Gasteiger charge is 2.59. The summed E-state index contributed by atoms with van der Waals surface area (Å²) in [5, 5.41) is 0. The van der Waals surface area contributed by atoms with Crippen molar-refractivity contribution in [2.45, 2.75) is 58.6 Å². The van der Waals surface area contributed by atoms with Gasteiger partial charge in [0.15, 0.2) is 0 Å². The van der Waals surface area contributed by atoms with E-state index in [2.05, 4.69) is 44.6 Å². The normalized spacial score (nSPS) is 27.5. The molecule has 0 unspecified atom stereocenters. The smallest absolute Gasteiger partial charge is 0.271 e. The van der Waals surface area contributed by atoms with Crippen LogP contribution in [0.25, 0.3) is 0 Å². The number of ether oxygens (including phenoxy) is 1. The molecular weight excluding hydrogens is 266 g/mol. The molecule has 1 amide bonds. The van der Waals surface area contributed by atoms with Crippen LogP contribution in [0.2, 0.25) is 0 Å². The number of carbonyl (C=O) groups is 1. The maximum Gasteiger partial charge on any atom is 0.271 e. The molecule has 21 heavy (non-hydrogen) atoms. The fourth-order valence-corrected chi connectivity index (χ4v) is 3.15. The fourth-order valence-electron chi connectivity index (χ4n) is 3.15. The summed E-state index contributed by atoms with van der Waals surface area (Å²) in [5.41, 5.74) is 0.305. The van der Waals surface area contributed by atoms with Gasteiger partial charge in [-0.25, -0.2) is 4.98 Å². The Balaban J connectivity index is 2.14. The van der Waals surface area contributed by atoms with Crippen LogP contribution in [0.4, 0.5) is 0 Å². The molecule has 1 fully saturated rings. The summed E-state index contributed by atoms with van der Waals surface area (Å²) in [4.78, 5) is 21.8. The number of rotatable bonds is 4. The van der Waals surface area contributed by atoms with Crippen molar-refractivity contribution in [3.8, 4) is 0 Å². The Hall–Kier alpha value is -1.36. The lowest BCUT2D eigenvalue weighted by molar-refractivity contribution is -0.198. The number of imidazole rings is 1. The van der Waals surface area contributed by atoms with E-state index in [9.17, 15) is 4.79 Å². The lowest BCUT2D eigenvalue weighted by atomic mass is 9.55. The minimum absolute atomic E-state index is 0.00868. The van der Waals surface area contributed by atoms with E-state index in [-0.39, 0.29) is 28.9 Å². The van der Waals surface area contributed by atoms with Gasteiger partial charge in [-0.15, -0.1) is 0 Å². The number of methoxy groups -OCH3 is 1. The Morgan fingerprint density at radius 3 is 2.52 bits per heavy atom. The van der Waals surface area contributed by atoms with Crippen molar-refractivity contribution < 1.29 is 9.53 Å². The van der Waals surface area contributed by atoms with Crippen molar-refractivity contribution >= 4 is 5.91 Å². The quantitative estimate of drug-likeness (QED) is 0.928. The van der Waals surface area contributed by atoms with Crippen molar-refractivity contribution in [3.05, 3.63) is 17.7 Å². The first kappa shape index (κ1) is 16.0. The van der Waals surface area contributed by atoms with Gasteiger partial charge in [0.25, 0.3) is 5.91 Å². The average molecular weight is 293 g/mol. The van der Waals surface area contributed by atoms with Crippen molar-refractivity contribution in [2.24, 2.45) is 5.41 Å². The maximum absolute atomic E-state index is 12.6. The molecule has 5 nitrogen and oxygen atoms in total. The molecule has 1 N–H and O–H groups in total. The Bertz CT molecular complexity index is 535. The number of hydrogen-bond acceptors (Lipinski definition) is 3. The van der Waals surface area contributed by atoms with Gasteiger partial charge in [-0.05, 0) is 13.3 Å². The highest BCUT2D eigenvalue weighted by Crippen LogP contribution is 2.53. The first-order chi connectivity index (χ1) is 9.64. The second kappa shape index (κ2) is 5.13. The van der Waals surface area contributed by atoms with Crippen LogP contribution < -0.4 is 0 Å². The van der Waals surface area contributed by atoms with Gasteiger partial charge in [0.2, 0.25) is 0 Å². The van der Waals surface area contributed by atoms with Crippen LogP contribution in [0.15, 0.2) is 6.20 Å². The van der Waals surface area contributed by atoms with Crippen molar-refractivity contribution in [2.75, 3.05) is 14.2 Å². The Morgan fingerprint density at radius 2 is 2.10 bits per heavy atom. The highest BCUT2D eigenvalue weighted by molar-refractivity contribution is 5.92. The van der Waals surface area contributed by atoms with Crippen molar-refractivity contribution in [1.29, 1.82) is 0 Å². The minimum atomic E-state index is -0.177. The lowest BCUT2D eigenvalue weighted by Gasteiger charge is -2.61. The van der Waals surface area contributed by atoms with Crippen LogP contribution in [0.1, 0.15) is 63.3 Å². The summed E-state index contributed by atoms with van der Waals surface area (Å²) >= 11 is 0. The Labute approximate surface area is 127 Å². The van der Waals surface area contributed by atoms with Crippen LogP contribution >= 0.6 is 0 Å². The van der Waals surface area contributed by atoms with Crippen LogP contribution in [0.5, 0.6) is 0 Å². The molecule has 5 heteroatoms. The van der Waals surface area contributed by atoms with Gasteiger partial charge < -0.3 is 14.6 Å². The molecule has 1 aliphatic carbocycles. The predicted octanol–water partition coefficient (Wildman–Crippen LogP) is 2.81. The monoisotopic (exact) mass is 293 g/mol. The summed E-state index contributed by atoms with van der Waals surface area (Å²) in [6.45, 7) is 10.5. The van der Waals surface area contributed by atoms with Crippen molar-refractivity contribution in [1.82, 2.24) is 14.9 Å². The van der Waals surface area contributed by atoms with Gasteiger partial charge in [-0.2, -0.15) is 0 Å².